The summed E-state index contributed by atoms with van der Waals surface area (Å²) in [4.78, 5) is 30.0. The molecule has 2 aliphatic heterocycles. The number of anilines is 2. The number of nitrogens with zero attached hydrogens (tertiary/aromatic N) is 2. The standard InChI is InChI=1S/C25H32N4O4/c30-24(19-33-21-6-2-1-3-7-21)27-20-8-9-23(29-11-4-5-12-29)22(18-20)25(31)26-10-13-28-14-16-32-17-15-28/h1-3,6-9,18H,4-5,10-17,19H2,(H,26,31)(H,27,30). The molecule has 8 heteroatoms. The molecule has 2 aromatic rings. The Labute approximate surface area is 194 Å². The van der Waals surface area contributed by atoms with Gasteiger partial charge >= 0.3 is 0 Å². The van der Waals surface area contributed by atoms with Crippen LogP contribution in [0.2, 0.25) is 0 Å². The minimum atomic E-state index is -0.272. The Morgan fingerprint density at radius 1 is 0.970 bits per heavy atom. The van der Waals surface area contributed by atoms with Gasteiger partial charge in [-0.2, -0.15) is 0 Å². The van der Waals surface area contributed by atoms with Crippen molar-refractivity contribution in [1.82, 2.24) is 10.2 Å². The lowest BCUT2D eigenvalue weighted by Gasteiger charge is -2.26. The van der Waals surface area contributed by atoms with Crippen LogP contribution in [0.15, 0.2) is 48.5 Å². The van der Waals surface area contributed by atoms with Crippen LogP contribution in [0, 0.1) is 0 Å². The van der Waals surface area contributed by atoms with Gasteiger partial charge in [0.05, 0.1) is 18.8 Å². The van der Waals surface area contributed by atoms with Crippen molar-refractivity contribution in [3.8, 4) is 5.75 Å². The lowest BCUT2D eigenvalue weighted by atomic mass is 10.1. The molecule has 0 spiro atoms. The summed E-state index contributed by atoms with van der Waals surface area (Å²) >= 11 is 0. The Morgan fingerprint density at radius 2 is 1.73 bits per heavy atom. The number of ether oxygens (including phenoxy) is 2. The van der Waals surface area contributed by atoms with Gasteiger partial charge in [0.1, 0.15) is 5.75 Å². The van der Waals surface area contributed by atoms with Gasteiger partial charge in [-0.25, -0.2) is 0 Å². The highest BCUT2D eigenvalue weighted by molar-refractivity contribution is 6.02. The van der Waals surface area contributed by atoms with Crippen molar-refractivity contribution in [1.29, 1.82) is 0 Å². The quantitative estimate of drug-likeness (QED) is 0.608. The number of benzene rings is 2. The molecule has 2 fully saturated rings. The zero-order valence-corrected chi connectivity index (χ0v) is 18.9. The third-order valence-corrected chi connectivity index (χ3v) is 5.90. The van der Waals surface area contributed by atoms with Gasteiger partial charge in [0.25, 0.3) is 11.8 Å². The van der Waals surface area contributed by atoms with Crippen molar-refractivity contribution in [3.05, 3.63) is 54.1 Å². The summed E-state index contributed by atoms with van der Waals surface area (Å²) in [5.41, 5.74) is 2.08. The highest BCUT2D eigenvalue weighted by Crippen LogP contribution is 2.27. The molecule has 0 saturated carbocycles. The Bertz CT molecular complexity index is 925. The first-order chi connectivity index (χ1) is 16.2. The zero-order valence-electron chi connectivity index (χ0n) is 18.9. The molecule has 2 N–H and O–H groups in total. The van der Waals surface area contributed by atoms with Crippen LogP contribution in [-0.2, 0) is 9.53 Å². The molecule has 0 unspecified atom stereocenters. The molecule has 176 valence electrons. The third kappa shape index (κ3) is 6.69. The summed E-state index contributed by atoms with van der Waals surface area (Å²) in [7, 11) is 0. The monoisotopic (exact) mass is 452 g/mol. The average molecular weight is 453 g/mol. The fourth-order valence-electron chi connectivity index (χ4n) is 4.14. The molecule has 0 bridgehead atoms. The Kier molecular flexibility index (Phi) is 8.16. The summed E-state index contributed by atoms with van der Waals surface area (Å²) < 4.78 is 10.9. The molecule has 0 aromatic heterocycles. The summed E-state index contributed by atoms with van der Waals surface area (Å²) in [6, 6.07) is 14.7. The van der Waals surface area contributed by atoms with Crippen LogP contribution in [0.5, 0.6) is 5.75 Å². The molecular weight excluding hydrogens is 420 g/mol. The van der Waals surface area contributed by atoms with Crippen LogP contribution in [0.1, 0.15) is 23.2 Å². The van der Waals surface area contributed by atoms with E-state index in [1.165, 1.54) is 0 Å². The smallest absolute Gasteiger partial charge is 0.262 e. The van der Waals surface area contributed by atoms with E-state index in [-0.39, 0.29) is 18.4 Å². The van der Waals surface area contributed by atoms with Crippen LogP contribution >= 0.6 is 0 Å². The highest BCUT2D eigenvalue weighted by atomic mass is 16.5. The number of hydrogen-bond acceptors (Lipinski definition) is 6. The second kappa shape index (κ2) is 11.7. The number of amides is 2. The Balaban J connectivity index is 1.38. The lowest BCUT2D eigenvalue weighted by Crippen LogP contribution is -2.41. The number of para-hydroxylation sites is 1. The first-order valence-electron chi connectivity index (χ1n) is 11.6. The molecule has 2 aliphatic rings. The molecule has 33 heavy (non-hydrogen) atoms. The summed E-state index contributed by atoms with van der Waals surface area (Å²) in [5, 5.41) is 5.90. The predicted octanol–water partition coefficient (Wildman–Crippen LogP) is 2.37. The van der Waals surface area contributed by atoms with E-state index in [2.05, 4.69) is 20.4 Å². The molecule has 2 amide bonds. The van der Waals surface area contributed by atoms with Crippen molar-refractivity contribution >= 4 is 23.2 Å². The van der Waals surface area contributed by atoms with Gasteiger partial charge in [0, 0.05) is 50.6 Å². The molecule has 0 radical (unpaired) electrons. The van der Waals surface area contributed by atoms with Gasteiger partial charge in [-0.15, -0.1) is 0 Å². The fraction of sp³-hybridized carbons (Fsp3) is 0.440. The van der Waals surface area contributed by atoms with Gasteiger partial charge in [-0.3, -0.25) is 14.5 Å². The lowest BCUT2D eigenvalue weighted by molar-refractivity contribution is -0.118. The second-order valence-corrected chi connectivity index (χ2v) is 8.29. The minimum Gasteiger partial charge on any atom is -0.484 e. The van der Waals surface area contributed by atoms with Crippen LogP contribution in [0.3, 0.4) is 0 Å². The molecule has 2 saturated heterocycles. The SMILES string of the molecule is O=C(COc1ccccc1)Nc1ccc(N2CCCC2)c(C(=O)NCCN2CCOCC2)c1. The van der Waals surface area contributed by atoms with E-state index < -0.39 is 0 Å². The Hall–Kier alpha value is -3.10. The van der Waals surface area contributed by atoms with E-state index in [9.17, 15) is 9.59 Å². The van der Waals surface area contributed by atoms with Crippen molar-refractivity contribution in [3.63, 3.8) is 0 Å². The number of morpholine rings is 1. The first-order valence-corrected chi connectivity index (χ1v) is 11.6. The fourth-order valence-corrected chi connectivity index (χ4v) is 4.14. The van der Waals surface area contributed by atoms with E-state index in [0.29, 0.717) is 23.5 Å². The number of carbonyl (C=O) groups is 2. The largest absolute Gasteiger partial charge is 0.484 e. The van der Waals surface area contributed by atoms with Gasteiger partial charge in [0.15, 0.2) is 6.61 Å². The maximum Gasteiger partial charge on any atom is 0.262 e. The van der Waals surface area contributed by atoms with Crippen molar-refractivity contribution in [2.45, 2.75) is 12.8 Å². The Morgan fingerprint density at radius 3 is 2.48 bits per heavy atom. The molecule has 4 rings (SSSR count). The maximum absolute atomic E-state index is 13.1. The average Bonchev–Trinajstić information content (AvgIpc) is 3.39. The number of hydrogen-bond donors (Lipinski definition) is 2. The van der Waals surface area contributed by atoms with Crippen LogP contribution < -0.4 is 20.3 Å². The van der Waals surface area contributed by atoms with E-state index in [1.54, 1.807) is 18.2 Å². The normalized spacial score (nSPS) is 16.4. The number of nitrogens with one attached hydrogen (secondary N) is 2. The first kappa shape index (κ1) is 23.1. The third-order valence-electron chi connectivity index (χ3n) is 5.90. The van der Waals surface area contributed by atoms with Crippen LogP contribution in [0.4, 0.5) is 11.4 Å². The highest BCUT2D eigenvalue weighted by Gasteiger charge is 2.21. The maximum atomic E-state index is 13.1. The van der Waals surface area contributed by atoms with E-state index in [4.69, 9.17) is 9.47 Å². The van der Waals surface area contributed by atoms with Crippen molar-refractivity contribution in [2.75, 3.05) is 69.3 Å². The van der Waals surface area contributed by atoms with E-state index >= 15 is 0 Å². The second-order valence-electron chi connectivity index (χ2n) is 8.29. The van der Waals surface area contributed by atoms with Crippen LogP contribution in [0.25, 0.3) is 0 Å². The van der Waals surface area contributed by atoms with Gasteiger partial charge < -0.3 is 25.0 Å². The van der Waals surface area contributed by atoms with Gasteiger partial charge in [-0.1, -0.05) is 18.2 Å². The summed E-state index contributed by atoms with van der Waals surface area (Å²) in [5.74, 6) is 0.241. The molecule has 2 aromatic carbocycles. The van der Waals surface area contributed by atoms with Gasteiger partial charge in [-0.05, 0) is 43.2 Å². The predicted molar refractivity (Wildman–Crippen MR) is 128 cm³/mol. The topological polar surface area (TPSA) is 83.1 Å². The number of rotatable bonds is 9. The van der Waals surface area contributed by atoms with Crippen LogP contribution in [-0.4, -0.2) is 75.8 Å². The molecule has 8 nitrogen and oxygen atoms in total. The summed E-state index contributed by atoms with van der Waals surface area (Å²) in [6.45, 7) is 6.39. The molecule has 0 aliphatic carbocycles. The van der Waals surface area contributed by atoms with Gasteiger partial charge in [0.2, 0.25) is 0 Å². The van der Waals surface area contributed by atoms with Crippen molar-refractivity contribution < 1.29 is 19.1 Å². The molecule has 0 atom stereocenters. The van der Waals surface area contributed by atoms with Crippen molar-refractivity contribution in [2.24, 2.45) is 0 Å². The van der Waals surface area contributed by atoms with E-state index in [0.717, 1.165) is 64.5 Å². The summed E-state index contributed by atoms with van der Waals surface area (Å²) in [6.07, 6.45) is 2.24. The minimum absolute atomic E-state index is 0.0982. The molecular formula is C25H32N4O4. The molecule has 2 heterocycles. The zero-order chi connectivity index (χ0) is 22.9. The number of carbonyl (C=O) groups excluding carboxylic acids is 2. The van der Waals surface area contributed by atoms with E-state index in [1.807, 2.05) is 30.3 Å².